The van der Waals surface area contributed by atoms with Gasteiger partial charge >= 0.3 is 0 Å². The molecule has 200 valence electrons. The molecule has 0 spiro atoms. The molecule has 4 aromatic rings. The molecule has 0 radical (unpaired) electrons. The number of pyridine rings is 1. The Labute approximate surface area is 238 Å². The summed E-state index contributed by atoms with van der Waals surface area (Å²) >= 11 is 12.2. The predicted molar refractivity (Wildman–Crippen MR) is 160 cm³/mol. The minimum absolute atomic E-state index is 0.0333. The van der Waals surface area contributed by atoms with Crippen molar-refractivity contribution >= 4 is 46.2 Å². The van der Waals surface area contributed by atoms with Crippen LogP contribution in [0.2, 0.25) is 5.02 Å². The molecule has 5 rings (SSSR count). The fourth-order valence-corrected chi connectivity index (χ4v) is 5.77. The Bertz CT molecular complexity index is 1570. The van der Waals surface area contributed by atoms with E-state index in [-0.39, 0.29) is 23.7 Å². The second kappa shape index (κ2) is 10.7. The van der Waals surface area contributed by atoms with Gasteiger partial charge in [0.2, 0.25) is 5.91 Å². The number of hydrogen-bond acceptors (Lipinski definition) is 4. The third kappa shape index (κ3) is 4.97. The molecule has 1 amide bonds. The van der Waals surface area contributed by atoms with Gasteiger partial charge < -0.3 is 25.2 Å². The van der Waals surface area contributed by atoms with E-state index in [1.807, 2.05) is 68.7 Å². The van der Waals surface area contributed by atoms with Crippen molar-refractivity contribution in [3.63, 3.8) is 0 Å². The van der Waals surface area contributed by atoms with E-state index in [0.29, 0.717) is 22.2 Å². The van der Waals surface area contributed by atoms with Gasteiger partial charge in [-0.2, -0.15) is 0 Å². The maximum atomic E-state index is 12.0. The lowest BCUT2D eigenvalue weighted by molar-refractivity contribution is -0.115. The van der Waals surface area contributed by atoms with Crippen LogP contribution in [0.15, 0.2) is 66.9 Å². The summed E-state index contributed by atoms with van der Waals surface area (Å²) in [7, 11) is 0. The van der Waals surface area contributed by atoms with E-state index in [0.717, 1.165) is 39.6 Å². The Morgan fingerprint density at radius 1 is 1.13 bits per heavy atom. The largest absolute Gasteiger partial charge is 0.506 e. The number of hydrogen-bond donors (Lipinski definition) is 3. The van der Waals surface area contributed by atoms with Crippen molar-refractivity contribution in [1.82, 2.24) is 14.9 Å². The zero-order valence-corrected chi connectivity index (χ0v) is 23.8. The Morgan fingerprint density at radius 2 is 1.92 bits per heavy atom. The zero-order valence-electron chi connectivity index (χ0n) is 22.2. The van der Waals surface area contributed by atoms with Crippen molar-refractivity contribution in [3.8, 4) is 11.4 Å². The molecule has 2 aromatic carbocycles. The van der Waals surface area contributed by atoms with Gasteiger partial charge in [0.05, 0.1) is 23.5 Å². The quantitative estimate of drug-likeness (QED) is 0.229. The molecule has 0 bridgehead atoms. The second-order valence-corrected chi connectivity index (χ2v) is 10.5. The summed E-state index contributed by atoms with van der Waals surface area (Å²) in [5.41, 5.74) is 7.04. The number of anilines is 2. The Morgan fingerprint density at radius 3 is 2.62 bits per heavy atom. The van der Waals surface area contributed by atoms with E-state index in [2.05, 4.69) is 26.6 Å². The number of halogens is 1. The molecule has 3 heterocycles. The summed E-state index contributed by atoms with van der Waals surface area (Å²) in [6.07, 6.45) is 2.19. The number of nitrogens with one attached hydrogen (secondary N) is 2. The molecule has 9 heteroatoms. The van der Waals surface area contributed by atoms with Crippen molar-refractivity contribution in [2.24, 2.45) is 0 Å². The van der Waals surface area contributed by atoms with Crippen LogP contribution >= 0.6 is 23.8 Å². The Hall–Kier alpha value is -3.88. The van der Waals surface area contributed by atoms with Crippen molar-refractivity contribution in [3.05, 3.63) is 100 Å². The van der Waals surface area contributed by atoms with Gasteiger partial charge in [0.15, 0.2) is 5.11 Å². The summed E-state index contributed by atoms with van der Waals surface area (Å²) in [6.45, 7) is 7.84. The van der Waals surface area contributed by atoms with Crippen molar-refractivity contribution in [1.29, 1.82) is 0 Å². The van der Waals surface area contributed by atoms with Crippen LogP contribution in [-0.2, 0) is 4.79 Å². The monoisotopic (exact) mass is 559 g/mol. The van der Waals surface area contributed by atoms with Crippen LogP contribution in [0.3, 0.4) is 0 Å². The van der Waals surface area contributed by atoms with E-state index < -0.39 is 0 Å². The smallest absolute Gasteiger partial charge is 0.224 e. The van der Waals surface area contributed by atoms with E-state index in [1.165, 1.54) is 0 Å². The first-order chi connectivity index (χ1) is 18.7. The third-order valence-corrected chi connectivity index (χ3v) is 7.70. The fraction of sp³-hybridized carbons (Fsp3) is 0.233. The number of aryl methyl sites for hydroxylation is 2. The number of amides is 1. The van der Waals surface area contributed by atoms with Gasteiger partial charge in [-0.3, -0.25) is 9.78 Å². The SMILES string of the molecule is CCC(=O)Nc1ccc(N2C(=S)N[C@H](c3ccccn3)[C@H]2c2cc(C)n(-c3cc(Cl)ccc3O)c2C)cc1C. The Kier molecular flexibility index (Phi) is 7.34. The van der Waals surface area contributed by atoms with Gasteiger partial charge in [0.25, 0.3) is 0 Å². The maximum Gasteiger partial charge on any atom is 0.224 e. The van der Waals surface area contributed by atoms with Crippen LogP contribution in [0.1, 0.15) is 53.6 Å². The standard InChI is InChI=1S/C30H30ClN5O2S/c1-5-27(38)33-23-11-10-21(14-17(23)2)36-29(28(34-30(36)39)24-8-6-7-13-32-24)22-15-18(3)35(19(22)4)25-16-20(31)9-12-26(25)37/h6-16,28-29,37H,5H2,1-4H3,(H,33,38)(H,34,39)/t28-,29-/m1/s1. The molecular formula is C30H30ClN5O2S. The van der Waals surface area contributed by atoms with Crippen LogP contribution in [-0.4, -0.2) is 25.7 Å². The number of benzene rings is 2. The van der Waals surface area contributed by atoms with Gasteiger partial charge in [0, 0.05) is 40.4 Å². The first-order valence-electron chi connectivity index (χ1n) is 12.8. The molecule has 2 atom stereocenters. The first-order valence-corrected chi connectivity index (χ1v) is 13.6. The normalized spacial score (nSPS) is 16.8. The number of aromatic nitrogens is 2. The molecule has 1 aliphatic rings. The lowest BCUT2D eigenvalue weighted by Crippen LogP contribution is -2.29. The topological polar surface area (TPSA) is 82.4 Å². The molecule has 0 unspecified atom stereocenters. The zero-order chi connectivity index (χ0) is 27.8. The van der Waals surface area contributed by atoms with E-state index in [4.69, 9.17) is 23.8 Å². The third-order valence-electron chi connectivity index (χ3n) is 7.15. The summed E-state index contributed by atoms with van der Waals surface area (Å²) < 4.78 is 2.01. The van der Waals surface area contributed by atoms with E-state index >= 15 is 0 Å². The lowest BCUT2D eigenvalue weighted by Gasteiger charge is -2.29. The van der Waals surface area contributed by atoms with Crippen LogP contribution in [0.4, 0.5) is 11.4 Å². The second-order valence-electron chi connectivity index (χ2n) is 9.69. The number of thiocarbonyl (C=S) groups is 1. The highest BCUT2D eigenvalue weighted by Gasteiger charge is 2.42. The van der Waals surface area contributed by atoms with Gasteiger partial charge in [-0.25, -0.2) is 0 Å². The Balaban J connectivity index is 1.65. The van der Waals surface area contributed by atoms with Crippen LogP contribution in [0.5, 0.6) is 5.75 Å². The van der Waals surface area contributed by atoms with E-state index in [1.54, 1.807) is 24.4 Å². The summed E-state index contributed by atoms with van der Waals surface area (Å²) in [6, 6.07) is 18.5. The lowest BCUT2D eigenvalue weighted by atomic mass is 9.96. The van der Waals surface area contributed by atoms with Gasteiger partial charge in [-0.15, -0.1) is 0 Å². The van der Waals surface area contributed by atoms with Gasteiger partial charge in [-0.05, 0) is 98.7 Å². The number of aromatic hydroxyl groups is 1. The molecule has 7 nitrogen and oxygen atoms in total. The molecule has 0 aliphatic carbocycles. The molecule has 3 N–H and O–H groups in total. The van der Waals surface area contributed by atoms with Gasteiger partial charge in [-0.1, -0.05) is 24.6 Å². The molecule has 0 saturated carbocycles. The van der Waals surface area contributed by atoms with Crippen LogP contribution in [0.25, 0.3) is 5.69 Å². The van der Waals surface area contributed by atoms with Crippen molar-refractivity contribution < 1.29 is 9.90 Å². The number of rotatable bonds is 6. The summed E-state index contributed by atoms with van der Waals surface area (Å²) in [5, 5.41) is 18.3. The molecule has 2 aromatic heterocycles. The maximum absolute atomic E-state index is 12.0. The average Bonchev–Trinajstić information content (AvgIpc) is 3.41. The predicted octanol–water partition coefficient (Wildman–Crippen LogP) is 6.68. The van der Waals surface area contributed by atoms with Crippen LogP contribution < -0.4 is 15.5 Å². The first kappa shape index (κ1) is 26.7. The molecule has 1 saturated heterocycles. The number of carbonyl (C=O) groups excluding carboxylic acids is 1. The summed E-state index contributed by atoms with van der Waals surface area (Å²) in [5.74, 6) is 0.111. The van der Waals surface area contributed by atoms with E-state index in [9.17, 15) is 9.90 Å². The van der Waals surface area contributed by atoms with Crippen LogP contribution in [0, 0.1) is 20.8 Å². The number of phenolic OH excluding ortho intramolecular Hbond substituents is 1. The minimum Gasteiger partial charge on any atom is -0.506 e. The minimum atomic E-state index is -0.232. The van der Waals surface area contributed by atoms with Gasteiger partial charge in [0.1, 0.15) is 5.75 Å². The molecule has 1 fully saturated rings. The average molecular weight is 560 g/mol. The number of carbonyl (C=O) groups is 1. The highest BCUT2D eigenvalue weighted by Crippen LogP contribution is 2.44. The number of nitrogens with zero attached hydrogens (tertiary/aromatic N) is 3. The highest BCUT2D eigenvalue weighted by atomic mass is 35.5. The molecular weight excluding hydrogens is 530 g/mol. The molecule has 39 heavy (non-hydrogen) atoms. The van der Waals surface area contributed by atoms with Crippen molar-refractivity contribution in [2.75, 3.05) is 10.2 Å². The highest BCUT2D eigenvalue weighted by molar-refractivity contribution is 7.80. The summed E-state index contributed by atoms with van der Waals surface area (Å²) in [4.78, 5) is 18.8. The number of phenols is 1. The van der Waals surface area contributed by atoms with Crippen molar-refractivity contribution in [2.45, 2.75) is 46.2 Å². The fourth-order valence-electron chi connectivity index (χ4n) is 5.26. The molecule has 1 aliphatic heterocycles.